The zero-order valence-corrected chi connectivity index (χ0v) is 20.9. The Bertz CT molecular complexity index is 1300. The van der Waals surface area contributed by atoms with Crippen molar-refractivity contribution in [1.82, 2.24) is 0 Å². The second kappa shape index (κ2) is 9.20. The smallest absolute Gasteiger partial charge is 0.304 e. The Morgan fingerprint density at radius 2 is 1.81 bits per heavy atom. The molecule has 2 unspecified atom stereocenters. The largest absolute Gasteiger partial charge is 0.493 e. The summed E-state index contributed by atoms with van der Waals surface area (Å²) in [6.45, 7) is 5.59. The number of aryl methyl sites for hydroxylation is 2. The van der Waals surface area contributed by atoms with E-state index in [1.165, 1.54) is 46.2 Å². The first-order chi connectivity index (χ1) is 17.5. The molecule has 5 nitrogen and oxygen atoms in total. The van der Waals surface area contributed by atoms with Crippen LogP contribution in [-0.4, -0.2) is 24.3 Å². The van der Waals surface area contributed by atoms with Crippen LogP contribution in [0.4, 0.5) is 0 Å². The third kappa shape index (κ3) is 4.43. The SMILES string of the molecule is Cc1cc(OCC2CC2)cc(C)c1-c1cccc2c1CCC2Oc1ccc2c(c1)OCC2CC(=O)O. The van der Waals surface area contributed by atoms with Gasteiger partial charge in [0.25, 0.3) is 0 Å². The highest BCUT2D eigenvalue weighted by atomic mass is 16.5. The van der Waals surface area contributed by atoms with Crippen LogP contribution in [0.1, 0.15) is 65.5 Å². The summed E-state index contributed by atoms with van der Waals surface area (Å²) in [5.74, 6) is 2.31. The van der Waals surface area contributed by atoms with Gasteiger partial charge in [-0.2, -0.15) is 0 Å². The Balaban J connectivity index is 1.23. The van der Waals surface area contributed by atoms with Crippen LogP contribution in [-0.2, 0) is 11.2 Å². The lowest BCUT2D eigenvalue weighted by Crippen LogP contribution is -2.07. The molecule has 1 N–H and O–H groups in total. The Morgan fingerprint density at radius 1 is 1.00 bits per heavy atom. The molecule has 3 aromatic rings. The van der Waals surface area contributed by atoms with Crippen LogP contribution >= 0.6 is 0 Å². The van der Waals surface area contributed by atoms with Gasteiger partial charge >= 0.3 is 5.97 Å². The van der Waals surface area contributed by atoms with Gasteiger partial charge in [-0.15, -0.1) is 0 Å². The number of ether oxygens (including phenoxy) is 3. The van der Waals surface area contributed by atoms with E-state index in [2.05, 4.69) is 44.2 Å². The molecule has 1 heterocycles. The van der Waals surface area contributed by atoms with Crippen molar-refractivity contribution in [3.63, 3.8) is 0 Å². The van der Waals surface area contributed by atoms with Crippen molar-refractivity contribution in [2.24, 2.45) is 5.92 Å². The average Bonchev–Trinajstić information content (AvgIpc) is 3.47. The van der Waals surface area contributed by atoms with Gasteiger partial charge in [-0.25, -0.2) is 0 Å². The molecule has 6 rings (SSSR count). The first kappa shape index (κ1) is 23.0. The molecule has 0 aromatic heterocycles. The fourth-order valence-corrected chi connectivity index (χ4v) is 5.78. The van der Waals surface area contributed by atoms with Gasteiger partial charge in [0.05, 0.1) is 19.6 Å². The van der Waals surface area contributed by atoms with Gasteiger partial charge in [-0.1, -0.05) is 24.3 Å². The molecule has 2 aliphatic carbocycles. The minimum Gasteiger partial charge on any atom is -0.493 e. The summed E-state index contributed by atoms with van der Waals surface area (Å²) >= 11 is 0. The zero-order chi connectivity index (χ0) is 24.8. The van der Waals surface area contributed by atoms with Gasteiger partial charge in [0.1, 0.15) is 23.4 Å². The lowest BCUT2D eigenvalue weighted by atomic mass is 9.90. The predicted molar refractivity (Wildman–Crippen MR) is 138 cm³/mol. The number of aliphatic carboxylic acids is 1. The van der Waals surface area contributed by atoms with Crippen LogP contribution in [0.25, 0.3) is 11.1 Å². The van der Waals surface area contributed by atoms with E-state index >= 15 is 0 Å². The molecule has 0 bridgehead atoms. The van der Waals surface area contributed by atoms with Crippen molar-refractivity contribution in [1.29, 1.82) is 0 Å². The maximum absolute atomic E-state index is 11.1. The van der Waals surface area contributed by atoms with E-state index in [9.17, 15) is 4.79 Å². The summed E-state index contributed by atoms with van der Waals surface area (Å²) in [5.41, 5.74) is 8.62. The van der Waals surface area contributed by atoms with E-state index in [0.29, 0.717) is 6.61 Å². The van der Waals surface area contributed by atoms with E-state index < -0.39 is 5.97 Å². The van der Waals surface area contributed by atoms with Crippen LogP contribution in [0.3, 0.4) is 0 Å². The van der Waals surface area contributed by atoms with Crippen molar-refractivity contribution < 1.29 is 24.1 Å². The Morgan fingerprint density at radius 3 is 2.56 bits per heavy atom. The summed E-state index contributed by atoms with van der Waals surface area (Å²) in [6, 6.07) is 16.7. The summed E-state index contributed by atoms with van der Waals surface area (Å²) in [5, 5.41) is 9.15. The van der Waals surface area contributed by atoms with Crippen molar-refractivity contribution in [2.75, 3.05) is 13.2 Å². The monoisotopic (exact) mass is 484 g/mol. The number of carboxylic acids is 1. The van der Waals surface area contributed by atoms with Crippen LogP contribution in [0.2, 0.25) is 0 Å². The van der Waals surface area contributed by atoms with Gasteiger partial charge in [0.2, 0.25) is 0 Å². The van der Waals surface area contributed by atoms with Gasteiger partial charge in [-0.3, -0.25) is 4.79 Å². The number of hydrogen-bond acceptors (Lipinski definition) is 4. The highest BCUT2D eigenvalue weighted by molar-refractivity contribution is 5.76. The summed E-state index contributed by atoms with van der Waals surface area (Å²) < 4.78 is 18.3. The molecule has 3 aliphatic rings. The maximum Gasteiger partial charge on any atom is 0.304 e. The molecule has 0 amide bonds. The molecular weight excluding hydrogens is 452 g/mol. The fraction of sp³-hybridized carbons (Fsp3) is 0.387. The van der Waals surface area contributed by atoms with E-state index in [-0.39, 0.29) is 18.4 Å². The van der Waals surface area contributed by atoms with Gasteiger partial charge in [0, 0.05) is 17.5 Å². The highest BCUT2D eigenvalue weighted by Crippen LogP contribution is 2.44. The van der Waals surface area contributed by atoms with Crippen molar-refractivity contribution in [2.45, 2.75) is 58.0 Å². The first-order valence-corrected chi connectivity index (χ1v) is 13.0. The van der Waals surface area contributed by atoms with Crippen molar-refractivity contribution >= 4 is 5.97 Å². The van der Waals surface area contributed by atoms with Gasteiger partial charge in [0.15, 0.2) is 0 Å². The van der Waals surface area contributed by atoms with Crippen molar-refractivity contribution in [3.8, 4) is 28.4 Å². The number of carboxylic acid groups (broad SMARTS) is 1. The number of carbonyl (C=O) groups is 1. The second-order valence-electron chi connectivity index (χ2n) is 10.5. The first-order valence-electron chi connectivity index (χ1n) is 13.0. The van der Waals surface area contributed by atoms with Gasteiger partial charge in [-0.05, 0) is 97.0 Å². The standard InChI is InChI=1S/C31H32O5/c1-18-12-23(34-16-20-6-7-20)13-19(2)31(18)27-5-3-4-26-25(27)10-11-28(26)36-22-8-9-24-21(14-30(32)33)17-35-29(24)15-22/h3-5,8-9,12-13,15,20-21,28H,6-7,10-11,14,16-17H2,1-2H3,(H,32,33). The third-order valence-electron chi connectivity index (χ3n) is 7.74. The quantitative estimate of drug-likeness (QED) is 0.382. The maximum atomic E-state index is 11.1. The molecule has 1 saturated carbocycles. The van der Waals surface area contributed by atoms with E-state index in [1.54, 1.807) is 0 Å². The molecule has 0 saturated heterocycles. The summed E-state index contributed by atoms with van der Waals surface area (Å²) in [6.07, 6.45) is 4.54. The fourth-order valence-electron chi connectivity index (χ4n) is 5.78. The van der Waals surface area contributed by atoms with E-state index in [1.807, 2.05) is 18.2 Å². The Hall–Kier alpha value is -3.47. The van der Waals surface area contributed by atoms with Crippen LogP contribution in [0, 0.1) is 19.8 Å². The number of benzene rings is 3. The van der Waals surface area contributed by atoms with Crippen LogP contribution < -0.4 is 14.2 Å². The molecule has 0 radical (unpaired) electrons. The van der Waals surface area contributed by atoms with E-state index in [4.69, 9.17) is 19.3 Å². The van der Waals surface area contributed by atoms with E-state index in [0.717, 1.165) is 48.2 Å². The lowest BCUT2D eigenvalue weighted by molar-refractivity contribution is -0.137. The molecule has 1 aliphatic heterocycles. The molecule has 1 fully saturated rings. The highest BCUT2D eigenvalue weighted by Gasteiger charge is 2.30. The third-order valence-corrected chi connectivity index (χ3v) is 7.74. The zero-order valence-electron chi connectivity index (χ0n) is 20.9. The summed E-state index contributed by atoms with van der Waals surface area (Å²) in [4.78, 5) is 11.1. The van der Waals surface area contributed by atoms with Gasteiger partial charge < -0.3 is 19.3 Å². The summed E-state index contributed by atoms with van der Waals surface area (Å²) in [7, 11) is 0. The van der Waals surface area contributed by atoms with Crippen LogP contribution in [0.5, 0.6) is 17.2 Å². The Labute approximate surface area is 212 Å². The molecule has 3 aromatic carbocycles. The minimum absolute atomic E-state index is 0.0176. The number of rotatable bonds is 8. The molecule has 36 heavy (non-hydrogen) atoms. The predicted octanol–water partition coefficient (Wildman–Crippen LogP) is 6.78. The molecular formula is C31H32O5. The normalized spacial score (nSPS) is 19.9. The molecule has 186 valence electrons. The number of hydrogen-bond donors (Lipinski definition) is 1. The second-order valence-corrected chi connectivity index (χ2v) is 10.5. The average molecular weight is 485 g/mol. The van der Waals surface area contributed by atoms with Crippen molar-refractivity contribution in [3.05, 3.63) is 76.3 Å². The topological polar surface area (TPSA) is 65.0 Å². The number of fused-ring (bicyclic) bond motifs is 2. The molecule has 5 heteroatoms. The van der Waals surface area contributed by atoms with Crippen LogP contribution in [0.15, 0.2) is 48.5 Å². The lowest BCUT2D eigenvalue weighted by Gasteiger charge is -2.18. The molecule has 2 atom stereocenters. The Kier molecular flexibility index (Phi) is 5.87. The molecule has 0 spiro atoms. The minimum atomic E-state index is -0.805.